The third-order valence-electron chi connectivity index (χ3n) is 3.99. The Labute approximate surface area is 191 Å². The molecule has 3 N–H and O–H groups in total. The summed E-state index contributed by atoms with van der Waals surface area (Å²) in [4.78, 5) is 35.7. The van der Waals surface area contributed by atoms with Crippen molar-refractivity contribution in [2.24, 2.45) is 0 Å². The van der Waals surface area contributed by atoms with E-state index < -0.39 is 40.5 Å². The van der Waals surface area contributed by atoms with Crippen LogP contribution in [0.4, 0.5) is 0 Å². The average Bonchev–Trinajstić information content (AvgIpc) is 3.24. The summed E-state index contributed by atoms with van der Waals surface area (Å²) in [6.45, 7) is 0.525. The number of ether oxygens (including phenoxy) is 1. The molecule has 0 aliphatic rings. The lowest BCUT2D eigenvalue weighted by atomic mass is 10.2. The van der Waals surface area contributed by atoms with Crippen molar-refractivity contribution in [3.63, 3.8) is 0 Å². The van der Waals surface area contributed by atoms with Gasteiger partial charge in [-0.25, -0.2) is 8.42 Å². The van der Waals surface area contributed by atoms with Crippen LogP contribution in [0.2, 0.25) is 5.02 Å². The van der Waals surface area contributed by atoms with Crippen LogP contribution in [0.25, 0.3) is 11.0 Å². The fraction of sp³-hybridized carbons (Fsp3) is 0.167. The first-order valence-electron chi connectivity index (χ1n) is 8.92. The fourth-order valence-electron chi connectivity index (χ4n) is 2.44. The lowest BCUT2D eigenvalue weighted by molar-refractivity contribution is -0.149. The van der Waals surface area contributed by atoms with Crippen molar-refractivity contribution < 1.29 is 27.5 Å². The molecule has 3 aromatic rings. The lowest BCUT2D eigenvalue weighted by Crippen LogP contribution is -2.45. The molecule has 1 atom stereocenters. The van der Waals surface area contributed by atoms with Gasteiger partial charge in [-0.3, -0.25) is 25.2 Å². The Hall–Kier alpha value is -3.13. The van der Waals surface area contributed by atoms with Crippen molar-refractivity contribution in [2.75, 3.05) is 6.61 Å². The highest BCUT2D eigenvalue weighted by Gasteiger charge is 2.26. The van der Waals surface area contributed by atoms with Crippen LogP contribution < -0.4 is 15.6 Å². The van der Waals surface area contributed by atoms with Crippen LogP contribution in [0.1, 0.15) is 17.3 Å². The molecule has 14 heteroatoms. The maximum absolute atomic E-state index is 12.6. The number of benzene rings is 2. The first kappa shape index (κ1) is 23.5. The first-order valence-corrected chi connectivity index (χ1v) is 11.5. The predicted molar refractivity (Wildman–Crippen MR) is 115 cm³/mol. The third kappa shape index (κ3) is 5.76. The summed E-state index contributed by atoms with van der Waals surface area (Å²) >= 11 is 6.60. The molecule has 1 heterocycles. The molecule has 0 saturated carbocycles. The largest absolute Gasteiger partial charge is 0.454 e. The number of halogens is 1. The van der Waals surface area contributed by atoms with E-state index in [1.54, 1.807) is 6.07 Å². The van der Waals surface area contributed by atoms with Crippen LogP contribution in [0.5, 0.6) is 0 Å². The molecular formula is C18H16ClN5O6S2. The van der Waals surface area contributed by atoms with Crippen LogP contribution >= 0.6 is 23.3 Å². The standard InChI is InChI=1S/C18H16ClN5O6S2/c1-10(24-32(28,29)14-4-2-3-13-16(14)23-31-22-13)18(27)30-9-15(25)20-21-17(26)11-5-7-12(19)8-6-11/h2-8,10,24H,9H2,1H3,(H,20,25)(H,21,26)/t10-/m0/s1. The lowest BCUT2D eigenvalue weighted by Gasteiger charge is -2.14. The van der Waals surface area contributed by atoms with Crippen molar-refractivity contribution in [2.45, 2.75) is 17.9 Å². The van der Waals surface area contributed by atoms with E-state index in [-0.39, 0.29) is 16.0 Å². The molecule has 0 spiro atoms. The van der Waals surface area contributed by atoms with Gasteiger partial charge in [0.15, 0.2) is 6.61 Å². The highest BCUT2D eigenvalue weighted by Crippen LogP contribution is 2.21. The van der Waals surface area contributed by atoms with Gasteiger partial charge in [0.05, 0.1) is 11.7 Å². The summed E-state index contributed by atoms with van der Waals surface area (Å²) in [6, 6.07) is 9.09. The van der Waals surface area contributed by atoms with Crippen LogP contribution in [-0.2, 0) is 24.3 Å². The normalized spacial score (nSPS) is 12.2. The number of hydrogen-bond donors (Lipinski definition) is 3. The second-order valence-corrected chi connectivity index (χ2v) is 9.00. The second-order valence-electron chi connectivity index (χ2n) is 6.35. The Kier molecular flexibility index (Phi) is 7.35. The Morgan fingerprint density at radius 3 is 2.53 bits per heavy atom. The number of nitrogens with zero attached hydrogens (tertiary/aromatic N) is 2. The number of esters is 1. The quantitative estimate of drug-likeness (QED) is 0.322. The number of aromatic nitrogens is 2. The predicted octanol–water partition coefficient (Wildman–Crippen LogP) is 1.02. The number of sulfonamides is 1. The van der Waals surface area contributed by atoms with Gasteiger partial charge in [0.2, 0.25) is 10.0 Å². The minimum atomic E-state index is -4.11. The van der Waals surface area contributed by atoms with Gasteiger partial charge < -0.3 is 4.74 Å². The Morgan fingerprint density at radius 2 is 1.81 bits per heavy atom. The van der Waals surface area contributed by atoms with Crippen molar-refractivity contribution in [3.8, 4) is 0 Å². The van der Waals surface area contributed by atoms with Crippen LogP contribution in [-0.4, -0.2) is 47.6 Å². The van der Waals surface area contributed by atoms with Gasteiger partial charge in [0, 0.05) is 10.6 Å². The van der Waals surface area contributed by atoms with Crippen molar-refractivity contribution in [3.05, 3.63) is 53.1 Å². The van der Waals surface area contributed by atoms with Crippen molar-refractivity contribution in [1.82, 2.24) is 24.3 Å². The van der Waals surface area contributed by atoms with Gasteiger partial charge in [0.25, 0.3) is 11.8 Å². The molecule has 2 aromatic carbocycles. The van der Waals surface area contributed by atoms with Gasteiger partial charge >= 0.3 is 5.97 Å². The number of amides is 2. The SMILES string of the molecule is C[C@H](NS(=O)(=O)c1cccc2nsnc12)C(=O)OCC(=O)NNC(=O)c1ccc(Cl)cc1. The number of rotatable bonds is 7. The number of carbonyl (C=O) groups excluding carboxylic acids is 3. The number of nitrogens with one attached hydrogen (secondary N) is 3. The first-order chi connectivity index (χ1) is 15.2. The average molecular weight is 498 g/mol. The van der Waals surface area contributed by atoms with E-state index in [0.29, 0.717) is 10.5 Å². The molecule has 168 valence electrons. The fourth-order valence-corrected chi connectivity index (χ4v) is 4.52. The van der Waals surface area contributed by atoms with E-state index in [4.69, 9.17) is 16.3 Å². The number of hydrazine groups is 1. The molecule has 0 unspecified atom stereocenters. The Bertz CT molecular complexity index is 1260. The summed E-state index contributed by atoms with van der Waals surface area (Å²) in [6.07, 6.45) is 0. The van der Waals surface area contributed by atoms with E-state index in [0.717, 1.165) is 11.7 Å². The zero-order valence-corrected chi connectivity index (χ0v) is 18.8. The van der Waals surface area contributed by atoms with Crippen LogP contribution in [0, 0.1) is 0 Å². The number of carbonyl (C=O) groups is 3. The molecule has 0 aliphatic heterocycles. The van der Waals surface area contributed by atoms with Gasteiger partial charge in [-0.15, -0.1) is 0 Å². The zero-order chi connectivity index (χ0) is 23.3. The van der Waals surface area contributed by atoms with Crippen molar-refractivity contribution >= 4 is 62.2 Å². The zero-order valence-electron chi connectivity index (χ0n) is 16.4. The number of fused-ring (bicyclic) bond motifs is 1. The maximum atomic E-state index is 12.6. The van der Waals surface area contributed by atoms with E-state index >= 15 is 0 Å². The summed E-state index contributed by atoms with van der Waals surface area (Å²) < 4.78 is 40.1. The van der Waals surface area contributed by atoms with Gasteiger partial charge in [-0.1, -0.05) is 17.7 Å². The maximum Gasteiger partial charge on any atom is 0.324 e. The molecule has 32 heavy (non-hydrogen) atoms. The van der Waals surface area contributed by atoms with Gasteiger partial charge in [-0.2, -0.15) is 13.5 Å². The second kappa shape index (κ2) is 9.99. The molecular weight excluding hydrogens is 482 g/mol. The molecule has 0 fully saturated rings. The highest BCUT2D eigenvalue weighted by molar-refractivity contribution is 7.89. The molecule has 3 rings (SSSR count). The smallest absolute Gasteiger partial charge is 0.324 e. The van der Waals surface area contributed by atoms with E-state index in [1.807, 2.05) is 0 Å². The minimum absolute atomic E-state index is 0.133. The minimum Gasteiger partial charge on any atom is -0.454 e. The molecule has 0 aliphatic carbocycles. The van der Waals surface area contributed by atoms with Gasteiger partial charge in [-0.05, 0) is 43.3 Å². The monoisotopic (exact) mass is 497 g/mol. The molecule has 1 aromatic heterocycles. The van der Waals surface area contributed by atoms with Gasteiger partial charge in [0.1, 0.15) is 22.0 Å². The van der Waals surface area contributed by atoms with Crippen LogP contribution in [0.3, 0.4) is 0 Å². The summed E-state index contributed by atoms with van der Waals surface area (Å²) in [7, 11) is -4.11. The van der Waals surface area contributed by atoms with E-state index in [1.165, 1.54) is 43.3 Å². The van der Waals surface area contributed by atoms with Crippen LogP contribution in [0.15, 0.2) is 47.4 Å². The van der Waals surface area contributed by atoms with E-state index in [2.05, 4.69) is 24.3 Å². The third-order valence-corrected chi connectivity index (χ3v) is 6.36. The molecule has 0 bridgehead atoms. The Balaban J connectivity index is 1.50. The molecule has 0 radical (unpaired) electrons. The highest BCUT2D eigenvalue weighted by atomic mass is 35.5. The van der Waals surface area contributed by atoms with E-state index in [9.17, 15) is 22.8 Å². The topological polar surface area (TPSA) is 156 Å². The molecule has 11 nitrogen and oxygen atoms in total. The summed E-state index contributed by atoms with van der Waals surface area (Å²) in [5.41, 5.74) is 5.07. The Morgan fingerprint density at radius 1 is 1.09 bits per heavy atom. The summed E-state index contributed by atoms with van der Waals surface area (Å²) in [5, 5.41) is 0.446. The number of hydrogen-bond acceptors (Lipinski definition) is 9. The molecule has 0 saturated heterocycles. The van der Waals surface area contributed by atoms with Crippen molar-refractivity contribution in [1.29, 1.82) is 0 Å². The molecule has 2 amide bonds. The summed E-state index contributed by atoms with van der Waals surface area (Å²) in [5.74, 6) is -2.42.